The molecule has 4 heteroatoms. The van der Waals surface area contributed by atoms with Gasteiger partial charge in [-0.15, -0.1) is 0 Å². The molecule has 0 saturated carbocycles. The van der Waals surface area contributed by atoms with Crippen LogP contribution in [0.3, 0.4) is 0 Å². The largest absolute Gasteiger partial charge is 0.309 e. The average Bonchev–Trinajstić information content (AvgIpc) is 3.52. The Morgan fingerprint density at radius 2 is 0.980 bits per heavy atom. The van der Waals surface area contributed by atoms with Crippen molar-refractivity contribution in [1.82, 2.24) is 4.57 Å². The molecule has 9 rings (SSSR count). The topological polar surface area (TPSA) is 56.9 Å². The minimum absolute atomic E-state index is 0.528. The van der Waals surface area contributed by atoms with Gasteiger partial charge in [0.25, 0.3) is 0 Å². The van der Waals surface area contributed by atoms with E-state index < -0.39 is 0 Å². The van der Waals surface area contributed by atoms with Crippen LogP contribution in [-0.2, 0) is 0 Å². The number of hydrogen-bond donors (Lipinski definition) is 0. The molecule has 0 aliphatic rings. The van der Waals surface area contributed by atoms with E-state index in [1.165, 1.54) is 38.2 Å². The third-order valence-corrected chi connectivity index (χ3v) is 9.83. The fraction of sp³-hybridized carbons (Fsp3) is 0. The molecule has 234 valence electrons. The van der Waals surface area contributed by atoms with E-state index in [1.807, 2.05) is 54.6 Å². The third-order valence-electron chi connectivity index (χ3n) is 9.83. The Bertz CT molecular complexity index is 2870. The van der Waals surface area contributed by atoms with Crippen LogP contribution < -0.4 is 0 Å². The van der Waals surface area contributed by atoms with E-state index in [0.717, 1.165) is 44.2 Å². The van der Waals surface area contributed by atoms with Gasteiger partial charge in [0.05, 0.1) is 46.6 Å². The number of aromatic nitrogens is 1. The van der Waals surface area contributed by atoms with Crippen molar-refractivity contribution in [2.45, 2.75) is 0 Å². The first-order valence-corrected chi connectivity index (χ1v) is 16.7. The summed E-state index contributed by atoms with van der Waals surface area (Å²) >= 11 is 0. The quantitative estimate of drug-likeness (QED) is 0.141. The summed E-state index contributed by atoms with van der Waals surface area (Å²) in [7, 11) is 0. The van der Waals surface area contributed by atoms with Crippen molar-refractivity contribution >= 4 is 49.0 Å². The molecule has 0 saturated heterocycles. The first-order chi connectivity index (χ1) is 25.2. The average molecular weight is 647 g/mol. The van der Waals surface area contributed by atoms with Gasteiger partial charge in [-0.3, -0.25) is 0 Å². The summed E-state index contributed by atoms with van der Waals surface area (Å²) in [6, 6.07) is 58.3. The van der Waals surface area contributed by atoms with Crippen LogP contribution in [0.5, 0.6) is 0 Å². The third kappa shape index (κ3) is 4.74. The number of benzene rings is 8. The first-order valence-electron chi connectivity index (χ1n) is 16.7. The Kier molecular flexibility index (Phi) is 6.93. The minimum atomic E-state index is 0.528. The Morgan fingerprint density at radius 1 is 0.451 bits per heavy atom. The first kappa shape index (κ1) is 29.7. The second-order valence-electron chi connectivity index (χ2n) is 12.6. The van der Waals surface area contributed by atoms with Gasteiger partial charge in [-0.1, -0.05) is 109 Å². The predicted octanol–water partition coefficient (Wildman–Crippen LogP) is 12.4. The standard InChI is InChI=1S/C47H26N4/c1-50-35-20-23-44-42(27-35)41-24-30(28-48)19-22-43(41)51(44)45-25-31(29-49)18-21-36(45)33-12-9-13-34(26-33)47-39-16-7-5-14-37(39)46(32-10-3-2-4-11-32)38-15-6-8-17-40(38)47/h2-27H. The predicted molar refractivity (Wildman–Crippen MR) is 208 cm³/mol. The molecule has 8 aromatic carbocycles. The van der Waals surface area contributed by atoms with Crippen molar-refractivity contribution in [3.05, 3.63) is 180 Å². The summed E-state index contributed by atoms with van der Waals surface area (Å²) in [5, 5.41) is 26.3. The Morgan fingerprint density at radius 3 is 1.63 bits per heavy atom. The van der Waals surface area contributed by atoms with Crippen LogP contribution >= 0.6 is 0 Å². The normalized spacial score (nSPS) is 11.1. The molecule has 0 N–H and O–H groups in total. The van der Waals surface area contributed by atoms with E-state index in [9.17, 15) is 10.5 Å². The molecule has 0 atom stereocenters. The highest BCUT2D eigenvalue weighted by atomic mass is 15.0. The lowest BCUT2D eigenvalue weighted by Crippen LogP contribution is -1.98. The van der Waals surface area contributed by atoms with Crippen LogP contribution in [0.15, 0.2) is 158 Å². The highest BCUT2D eigenvalue weighted by molar-refractivity contribution is 6.21. The molecule has 0 aliphatic heterocycles. The van der Waals surface area contributed by atoms with Crippen molar-refractivity contribution < 1.29 is 0 Å². The second-order valence-corrected chi connectivity index (χ2v) is 12.6. The highest BCUT2D eigenvalue weighted by Crippen LogP contribution is 2.45. The van der Waals surface area contributed by atoms with Gasteiger partial charge in [0.2, 0.25) is 0 Å². The molecule has 9 aromatic rings. The van der Waals surface area contributed by atoms with E-state index >= 15 is 0 Å². The molecule has 0 aliphatic carbocycles. The van der Waals surface area contributed by atoms with Crippen molar-refractivity contribution in [3.8, 4) is 51.2 Å². The maximum Gasteiger partial charge on any atom is 0.188 e. The molecule has 4 nitrogen and oxygen atoms in total. The zero-order valence-corrected chi connectivity index (χ0v) is 27.3. The Labute approximate surface area is 294 Å². The molecule has 0 fully saturated rings. The summed E-state index contributed by atoms with van der Waals surface area (Å²) < 4.78 is 2.15. The van der Waals surface area contributed by atoms with Crippen LogP contribution in [0.2, 0.25) is 0 Å². The maximum absolute atomic E-state index is 10.1. The highest BCUT2D eigenvalue weighted by Gasteiger charge is 2.20. The molecule has 0 bridgehead atoms. The van der Waals surface area contributed by atoms with E-state index in [2.05, 4.69) is 125 Å². The fourth-order valence-electron chi connectivity index (χ4n) is 7.64. The van der Waals surface area contributed by atoms with Gasteiger partial charge in [0.1, 0.15) is 0 Å². The van der Waals surface area contributed by atoms with Gasteiger partial charge >= 0.3 is 0 Å². The molecule has 1 heterocycles. The summed E-state index contributed by atoms with van der Waals surface area (Å²) in [6.07, 6.45) is 0. The summed E-state index contributed by atoms with van der Waals surface area (Å²) in [5.41, 5.74) is 10.9. The lowest BCUT2D eigenvalue weighted by molar-refractivity contribution is 1.18. The van der Waals surface area contributed by atoms with E-state index in [1.54, 1.807) is 0 Å². The lowest BCUT2D eigenvalue weighted by Gasteiger charge is -2.19. The van der Waals surface area contributed by atoms with Gasteiger partial charge in [-0.25, -0.2) is 4.85 Å². The van der Waals surface area contributed by atoms with Crippen LogP contribution in [0.25, 0.3) is 87.3 Å². The van der Waals surface area contributed by atoms with Gasteiger partial charge in [-0.2, -0.15) is 10.5 Å². The SMILES string of the molecule is [C-]#[N+]c1ccc2c(c1)c1cc(C#N)ccc1n2-c1cc(C#N)ccc1-c1cccc(-c2c3ccccc3c(-c3ccccc3)c3ccccc23)c1. The molecule has 0 amide bonds. The Balaban J connectivity index is 1.32. The van der Waals surface area contributed by atoms with Crippen molar-refractivity contribution in [1.29, 1.82) is 10.5 Å². The fourth-order valence-corrected chi connectivity index (χ4v) is 7.64. The molecular formula is C47H26N4. The number of rotatable bonds is 4. The number of nitriles is 2. The molecule has 0 radical (unpaired) electrons. The lowest BCUT2D eigenvalue weighted by atomic mass is 9.85. The molecule has 0 spiro atoms. The van der Waals surface area contributed by atoms with Gasteiger partial charge < -0.3 is 4.57 Å². The van der Waals surface area contributed by atoms with Crippen molar-refractivity contribution in [3.63, 3.8) is 0 Å². The maximum atomic E-state index is 10.1. The van der Waals surface area contributed by atoms with Crippen LogP contribution in [-0.4, -0.2) is 4.57 Å². The molecule has 51 heavy (non-hydrogen) atoms. The molecular weight excluding hydrogens is 621 g/mol. The number of nitrogens with zero attached hydrogens (tertiary/aromatic N) is 4. The van der Waals surface area contributed by atoms with E-state index in [0.29, 0.717) is 16.8 Å². The number of fused-ring (bicyclic) bond motifs is 5. The van der Waals surface area contributed by atoms with Crippen molar-refractivity contribution in [2.24, 2.45) is 0 Å². The summed E-state index contributed by atoms with van der Waals surface area (Å²) in [6.45, 7) is 7.65. The second kappa shape index (κ2) is 11.9. The van der Waals surface area contributed by atoms with Gasteiger partial charge in [0.15, 0.2) is 5.69 Å². The zero-order valence-electron chi connectivity index (χ0n) is 27.3. The van der Waals surface area contributed by atoms with Gasteiger partial charge in [0, 0.05) is 10.9 Å². The van der Waals surface area contributed by atoms with Crippen LogP contribution in [0.4, 0.5) is 5.69 Å². The molecule has 0 unspecified atom stereocenters. The molecule has 1 aromatic heterocycles. The van der Waals surface area contributed by atoms with Crippen molar-refractivity contribution in [2.75, 3.05) is 0 Å². The van der Waals surface area contributed by atoms with E-state index in [4.69, 9.17) is 6.57 Å². The number of hydrogen-bond acceptors (Lipinski definition) is 2. The zero-order chi connectivity index (χ0) is 34.5. The monoisotopic (exact) mass is 646 g/mol. The van der Waals surface area contributed by atoms with E-state index in [-0.39, 0.29) is 0 Å². The summed E-state index contributed by atoms with van der Waals surface area (Å²) in [4.78, 5) is 3.68. The van der Waals surface area contributed by atoms with Crippen LogP contribution in [0, 0.1) is 29.2 Å². The van der Waals surface area contributed by atoms with Crippen LogP contribution in [0.1, 0.15) is 11.1 Å². The van der Waals surface area contributed by atoms with Gasteiger partial charge in [-0.05, 0) is 103 Å². The Hall–Kier alpha value is -7.45. The smallest absolute Gasteiger partial charge is 0.188 e. The summed E-state index contributed by atoms with van der Waals surface area (Å²) in [5.74, 6) is 0. The minimum Gasteiger partial charge on any atom is -0.309 e.